The van der Waals surface area contributed by atoms with Crippen LogP contribution in [-0.4, -0.2) is 70.7 Å². The van der Waals surface area contributed by atoms with Crippen LogP contribution in [-0.2, 0) is 19.7 Å². The van der Waals surface area contributed by atoms with Crippen molar-refractivity contribution in [2.45, 2.75) is 30.0 Å². The van der Waals surface area contributed by atoms with E-state index in [1.807, 2.05) is 0 Å². The molecule has 0 bridgehead atoms. The van der Waals surface area contributed by atoms with Crippen molar-refractivity contribution >= 4 is 25.4 Å². The minimum Gasteiger partial charge on any atom is -0.369 e. The van der Waals surface area contributed by atoms with Gasteiger partial charge in [-0.05, 0) is 43.2 Å². The lowest BCUT2D eigenvalue weighted by Crippen LogP contribution is -2.55. The summed E-state index contributed by atoms with van der Waals surface area (Å²) < 4.78 is 51.4. The number of aryl methyl sites for hydroxylation is 1. The van der Waals surface area contributed by atoms with Gasteiger partial charge in [-0.25, -0.2) is 16.8 Å². The molecule has 2 heterocycles. The lowest BCUT2D eigenvalue weighted by molar-refractivity contribution is 0.201. The molecule has 30 heavy (non-hydrogen) atoms. The first-order chi connectivity index (χ1) is 14.2. The largest absolute Gasteiger partial charge is 0.369 e. The van der Waals surface area contributed by atoms with E-state index >= 15 is 0 Å². The molecule has 0 saturated carbocycles. The molecule has 162 valence electrons. The highest BCUT2D eigenvalue weighted by Crippen LogP contribution is 2.31. The van der Waals surface area contributed by atoms with Crippen LogP contribution in [0.15, 0.2) is 53.4 Å². The molecule has 2 aromatic carbocycles. The number of anilines is 1. The van der Waals surface area contributed by atoms with E-state index in [2.05, 4.69) is 41.8 Å². The van der Waals surface area contributed by atoms with Gasteiger partial charge in [-0.2, -0.15) is 0 Å². The molecule has 2 atom stereocenters. The van der Waals surface area contributed by atoms with E-state index in [0.717, 1.165) is 13.1 Å². The molecule has 2 aromatic rings. The third kappa shape index (κ3) is 4.00. The average Bonchev–Trinajstić information content (AvgIpc) is 3.07. The molecular formula is C22H28N2O4S2. The normalized spacial score (nSPS) is 24.8. The predicted molar refractivity (Wildman–Crippen MR) is 120 cm³/mol. The van der Waals surface area contributed by atoms with Gasteiger partial charge in [-0.1, -0.05) is 30.3 Å². The van der Waals surface area contributed by atoms with Crippen molar-refractivity contribution in [2.75, 3.05) is 42.6 Å². The average molecular weight is 449 g/mol. The van der Waals surface area contributed by atoms with Gasteiger partial charge in [-0.15, -0.1) is 0 Å². The van der Waals surface area contributed by atoms with Gasteiger partial charge in [-0.3, -0.25) is 4.90 Å². The van der Waals surface area contributed by atoms with Crippen molar-refractivity contribution in [3.8, 4) is 0 Å². The van der Waals surface area contributed by atoms with Crippen LogP contribution < -0.4 is 4.90 Å². The molecule has 0 amide bonds. The van der Waals surface area contributed by atoms with Gasteiger partial charge in [0.1, 0.15) is 0 Å². The Morgan fingerprint density at radius 2 is 1.53 bits per heavy atom. The van der Waals surface area contributed by atoms with Gasteiger partial charge >= 0.3 is 0 Å². The van der Waals surface area contributed by atoms with Gasteiger partial charge < -0.3 is 4.90 Å². The summed E-state index contributed by atoms with van der Waals surface area (Å²) in [6, 6.07) is 14.0. The standard InChI is InChI=1S/C22H28N2O4S2/c1-17-7-6-10-20(18(17)2)23-11-13-24(14-12-23)21-15-29(25,26)16-22(21)30(27,28)19-8-4-3-5-9-19/h3-10,21-22H,11-16H2,1-2H3/t21-,22-/m1/s1. The molecule has 0 aromatic heterocycles. The van der Waals surface area contributed by atoms with Crippen LogP contribution in [0.5, 0.6) is 0 Å². The second-order valence-corrected chi connectivity index (χ2v) is 12.6. The zero-order chi connectivity index (χ0) is 21.5. The summed E-state index contributed by atoms with van der Waals surface area (Å²) in [4.78, 5) is 4.58. The quantitative estimate of drug-likeness (QED) is 0.713. The number of piperazine rings is 1. The Labute approximate surface area is 179 Å². The summed E-state index contributed by atoms with van der Waals surface area (Å²) in [7, 11) is -7.12. The van der Waals surface area contributed by atoms with Gasteiger partial charge in [0, 0.05) is 37.9 Å². The predicted octanol–water partition coefficient (Wildman–Crippen LogP) is 2.06. The van der Waals surface area contributed by atoms with Gasteiger partial charge in [0.15, 0.2) is 19.7 Å². The van der Waals surface area contributed by atoms with Crippen LogP contribution >= 0.6 is 0 Å². The maximum Gasteiger partial charge on any atom is 0.183 e. The van der Waals surface area contributed by atoms with Crippen LogP contribution in [0.2, 0.25) is 0 Å². The van der Waals surface area contributed by atoms with E-state index in [4.69, 9.17) is 0 Å². The van der Waals surface area contributed by atoms with Crippen LogP contribution in [0, 0.1) is 13.8 Å². The monoisotopic (exact) mass is 448 g/mol. The smallest absolute Gasteiger partial charge is 0.183 e. The molecule has 2 aliphatic rings. The maximum absolute atomic E-state index is 13.2. The summed E-state index contributed by atoms with van der Waals surface area (Å²) in [5.74, 6) is -0.390. The number of hydrogen-bond acceptors (Lipinski definition) is 6. The van der Waals surface area contributed by atoms with Crippen LogP contribution in [0.3, 0.4) is 0 Å². The minimum absolute atomic E-state index is 0.0901. The number of rotatable bonds is 4. The van der Waals surface area contributed by atoms with Crippen molar-refractivity contribution in [3.63, 3.8) is 0 Å². The third-order valence-electron chi connectivity index (χ3n) is 6.44. The number of benzene rings is 2. The molecule has 0 aliphatic carbocycles. The first kappa shape index (κ1) is 21.3. The van der Waals surface area contributed by atoms with Crippen LogP contribution in [0.25, 0.3) is 0 Å². The molecule has 2 aliphatic heterocycles. The van der Waals surface area contributed by atoms with E-state index in [9.17, 15) is 16.8 Å². The highest BCUT2D eigenvalue weighted by Gasteiger charge is 2.48. The number of nitrogens with zero attached hydrogens (tertiary/aromatic N) is 2. The summed E-state index contributed by atoms with van der Waals surface area (Å²) in [6.45, 7) is 7.00. The van der Waals surface area contributed by atoms with Crippen molar-refractivity contribution in [3.05, 3.63) is 59.7 Å². The fourth-order valence-corrected chi connectivity index (χ4v) is 9.44. The lowest BCUT2D eigenvalue weighted by Gasteiger charge is -2.40. The highest BCUT2D eigenvalue weighted by molar-refractivity contribution is 7.96. The first-order valence-electron chi connectivity index (χ1n) is 10.2. The maximum atomic E-state index is 13.2. The topological polar surface area (TPSA) is 74.8 Å². The molecule has 0 N–H and O–H groups in total. The Hall–Kier alpha value is -1.90. The molecule has 6 nitrogen and oxygen atoms in total. The Kier molecular flexibility index (Phi) is 5.67. The molecule has 4 rings (SSSR count). The molecule has 2 fully saturated rings. The fourth-order valence-electron chi connectivity index (χ4n) is 4.59. The second-order valence-electron chi connectivity index (χ2n) is 8.28. The Balaban J connectivity index is 1.55. The van der Waals surface area contributed by atoms with Crippen LogP contribution in [0.4, 0.5) is 5.69 Å². The highest BCUT2D eigenvalue weighted by atomic mass is 32.2. The number of hydrogen-bond donors (Lipinski definition) is 0. The van der Waals surface area contributed by atoms with E-state index in [1.165, 1.54) is 16.8 Å². The van der Waals surface area contributed by atoms with E-state index in [1.54, 1.807) is 30.3 Å². The molecule has 0 radical (unpaired) electrons. The summed E-state index contributed by atoms with van der Waals surface area (Å²) >= 11 is 0. The SMILES string of the molecule is Cc1cccc(N2CCN([C@@H]3CS(=O)(=O)C[C@H]3S(=O)(=O)c3ccccc3)CC2)c1C. The zero-order valence-electron chi connectivity index (χ0n) is 17.4. The van der Waals surface area contributed by atoms with Crippen molar-refractivity contribution in [2.24, 2.45) is 0 Å². The molecular weight excluding hydrogens is 420 g/mol. The van der Waals surface area contributed by atoms with E-state index < -0.39 is 31.0 Å². The Morgan fingerprint density at radius 3 is 2.20 bits per heavy atom. The van der Waals surface area contributed by atoms with Crippen LogP contribution in [0.1, 0.15) is 11.1 Å². The molecule has 8 heteroatoms. The Bertz CT molecular complexity index is 1120. The molecule has 0 spiro atoms. The lowest BCUT2D eigenvalue weighted by atomic mass is 10.1. The van der Waals surface area contributed by atoms with Gasteiger partial charge in [0.25, 0.3) is 0 Å². The Morgan fingerprint density at radius 1 is 0.867 bits per heavy atom. The summed E-state index contributed by atoms with van der Waals surface area (Å²) in [5, 5.41) is -0.919. The zero-order valence-corrected chi connectivity index (χ0v) is 19.0. The molecule has 0 unspecified atom stereocenters. The van der Waals surface area contributed by atoms with Gasteiger partial charge in [0.2, 0.25) is 0 Å². The molecule has 2 saturated heterocycles. The third-order valence-corrected chi connectivity index (χ3v) is 10.6. The minimum atomic E-state index is -3.72. The van der Waals surface area contributed by atoms with E-state index in [0.29, 0.717) is 13.1 Å². The van der Waals surface area contributed by atoms with Crippen molar-refractivity contribution in [1.29, 1.82) is 0 Å². The fraction of sp³-hybridized carbons (Fsp3) is 0.455. The van der Waals surface area contributed by atoms with Crippen molar-refractivity contribution < 1.29 is 16.8 Å². The second kappa shape index (κ2) is 7.98. The van der Waals surface area contributed by atoms with Gasteiger partial charge in [0.05, 0.1) is 21.7 Å². The summed E-state index contributed by atoms with van der Waals surface area (Å²) in [6.07, 6.45) is 0. The first-order valence-corrected chi connectivity index (χ1v) is 13.6. The van der Waals surface area contributed by atoms with Crippen molar-refractivity contribution in [1.82, 2.24) is 4.90 Å². The summed E-state index contributed by atoms with van der Waals surface area (Å²) in [5.41, 5.74) is 3.69. The van der Waals surface area contributed by atoms with E-state index in [-0.39, 0.29) is 16.4 Å². The number of sulfone groups is 2.